The summed E-state index contributed by atoms with van der Waals surface area (Å²) in [7, 11) is 0. The molecule has 2 aromatic rings. The SMILES string of the molecule is Nc1cc(CCC2CN(C(=O)Cc3cccs3)CCO2)ccn1. The normalized spacial score (nSPS) is 18.1. The molecule has 0 bridgehead atoms. The second kappa shape index (κ2) is 7.57. The molecular weight excluding hydrogens is 310 g/mol. The third kappa shape index (κ3) is 4.53. The monoisotopic (exact) mass is 331 g/mol. The highest BCUT2D eigenvalue weighted by atomic mass is 32.1. The van der Waals surface area contributed by atoms with Gasteiger partial charge in [0, 0.05) is 24.2 Å². The second-order valence-corrected chi connectivity index (χ2v) is 6.75. The van der Waals surface area contributed by atoms with E-state index in [4.69, 9.17) is 10.5 Å². The predicted octanol–water partition coefficient (Wildman–Crippen LogP) is 2.13. The number of carbonyl (C=O) groups is 1. The molecule has 2 N–H and O–H groups in total. The highest BCUT2D eigenvalue weighted by Gasteiger charge is 2.24. The number of nitrogen functional groups attached to an aromatic ring is 1. The van der Waals surface area contributed by atoms with Crippen molar-refractivity contribution in [3.05, 3.63) is 46.3 Å². The van der Waals surface area contributed by atoms with Gasteiger partial charge in [0.05, 0.1) is 19.1 Å². The Hall–Kier alpha value is -1.92. The summed E-state index contributed by atoms with van der Waals surface area (Å²) in [4.78, 5) is 19.4. The topological polar surface area (TPSA) is 68.5 Å². The molecule has 0 saturated carbocycles. The maximum atomic E-state index is 12.4. The predicted molar refractivity (Wildman–Crippen MR) is 91.3 cm³/mol. The van der Waals surface area contributed by atoms with Gasteiger partial charge in [-0.25, -0.2) is 4.98 Å². The van der Waals surface area contributed by atoms with Crippen LogP contribution in [0.2, 0.25) is 0 Å². The molecule has 1 saturated heterocycles. The zero-order chi connectivity index (χ0) is 16.1. The summed E-state index contributed by atoms with van der Waals surface area (Å²) < 4.78 is 5.81. The number of amides is 1. The minimum atomic E-state index is 0.0884. The zero-order valence-electron chi connectivity index (χ0n) is 13.0. The number of rotatable bonds is 5. The summed E-state index contributed by atoms with van der Waals surface area (Å²) >= 11 is 1.63. The van der Waals surface area contributed by atoms with Crippen LogP contribution in [0.1, 0.15) is 16.9 Å². The number of morpholine rings is 1. The van der Waals surface area contributed by atoms with Crippen LogP contribution in [0.15, 0.2) is 35.8 Å². The molecule has 122 valence electrons. The van der Waals surface area contributed by atoms with Crippen molar-refractivity contribution in [2.24, 2.45) is 0 Å². The molecule has 3 heterocycles. The summed E-state index contributed by atoms with van der Waals surface area (Å²) in [6.07, 6.45) is 4.07. The van der Waals surface area contributed by atoms with Crippen molar-refractivity contribution in [2.75, 3.05) is 25.4 Å². The van der Waals surface area contributed by atoms with Gasteiger partial charge >= 0.3 is 0 Å². The Labute approximate surface area is 140 Å². The van der Waals surface area contributed by atoms with Gasteiger partial charge in [-0.1, -0.05) is 6.07 Å². The summed E-state index contributed by atoms with van der Waals surface area (Å²) in [6.45, 7) is 1.97. The van der Waals surface area contributed by atoms with Gasteiger partial charge in [-0.3, -0.25) is 4.79 Å². The lowest BCUT2D eigenvalue weighted by atomic mass is 10.1. The fourth-order valence-electron chi connectivity index (χ4n) is 2.77. The van der Waals surface area contributed by atoms with Gasteiger partial charge in [-0.15, -0.1) is 11.3 Å². The molecule has 1 unspecified atom stereocenters. The smallest absolute Gasteiger partial charge is 0.227 e. The first-order valence-corrected chi connectivity index (χ1v) is 8.71. The van der Waals surface area contributed by atoms with Crippen molar-refractivity contribution in [1.82, 2.24) is 9.88 Å². The number of hydrogen-bond donors (Lipinski definition) is 1. The lowest BCUT2D eigenvalue weighted by Gasteiger charge is -2.33. The molecule has 1 atom stereocenters. The second-order valence-electron chi connectivity index (χ2n) is 5.72. The van der Waals surface area contributed by atoms with Crippen molar-refractivity contribution in [3.63, 3.8) is 0 Å². The maximum Gasteiger partial charge on any atom is 0.227 e. The lowest BCUT2D eigenvalue weighted by molar-refractivity contribution is -0.138. The van der Waals surface area contributed by atoms with Crippen LogP contribution in [-0.4, -0.2) is 41.6 Å². The van der Waals surface area contributed by atoms with Crippen LogP contribution in [0, 0.1) is 0 Å². The van der Waals surface area contributed by atoms with E-state index >= 15 is 0 Å². The van der Waals surface area contributed by atoms with Gasteiger partial charge in [0.2, 0.25) is 5.91 Å². The molecule has 3 rings (SSSR count). The Morgan fingerprint density at radius 2 is 2.39 bits per heavy atom. The van der Waals surface area contributed by atoms with Crippen molar-refractivity contribution < 1.29 is 9.53 Å². The Balaban J connectivity index is 1.50. The number of nitrogens with zero attached hydrogens (tertiary/aromatic N) is 2. The number of carbonyl (C=O) groups excluding carboxylic acids is 1. The van der Waals surface area contributed by atoms with Crippen LogP contribution in [0.3, 0.4) is 0 Å². The number of aromatic nitrogens is 1. The number of pyridine rings is 1. The van der Waals surface area contributed by atoms with Crippen LogP contribution < -0.4 is 5.73 Å². The summed E-state index contributed by atoms with van der Waals surface area (Å²) in [5.41, 5.74) is 6.85. The van der Waals surface area contributed by atoms with E-state index in [2.05, 4.69) is 4.98 Å². The highest BCUT2D eigenvalue weighted by molar-refractivity contribution is 7.10. The molecule has 1 aliphatic rings. The van der Waals surface area contributed by atoms with Gasteiger partial charge < -0.3 is 15.4 Å². The number of aryl methyl sites for hydroxylation is 1. The molecule has 0 spiro atoms. The van der Waals surface area contributed by atoms with E-state index in [9.17, 15) is 4.79 Å². The number of ether oxygens (including phenoxy) is 1. The minimum absolute atomic E-state index is 0.0884. The molecule has 5 nitrogen and oxygen atoms in total. The lowest BCUT2D eigenvalue weighted by Crippen LogP contribution is -2.46. The van der Waals surface area contributed by atoms with E-state index in [1.54, 1.807) is 17.5 Å². The molecule has 1 amide bonds. The number of nitrogens with two attached hydrogens (primary N) is 1. The fourth-order valence-corrected chi connectivity index (χ4v) is 3.47. The third-order valence-corrected chi connectivity index (χ3v) is 4.87. The van der Waals surface area contributed by atoms with Crippen LogP contribution in [-0.2, 0) is 22.4 Å². The quantitative estimate of drug-likeness (QED) is 0.911. The van der Waals surface area contributed by atoms with Gasteiger partial charge in [-0.2, -0.15) is 0 Å². The van der Waals surface area contributed by atoms with Crippen LogP contribution in [0.25, 0.3) is 0 Å². The Bertz CT molecular complexity index is 645. The van der Waals surface area contributed by atoms with Crippen LogP contribution >= 0.6 is 11.3 Å². The Morgan fingerprint density at radius 3 is 3.17 bits per heavy atom. The van der Waals surface area contributed by atoms with Gasteiger partial charge in [0.15, 0.2) is 0 Å². The van der Waals surface area contributed by atoms with Gasteiger partial charge in [0.25, 0.3) is 0 Å². The van der Waals surface area contributed by atoms with E-state index in [0.29, 0.717) is 31.9 Å². The van der Waals surface area contributed by atoms with E-state index in [0.717, 1.165) is 23.3 Å². The Kier molecular flexibility index (Phi) is 5.25. The molecule has 0 aliphatic carbocycles. The molecule has 6 heteroatoms. The molecule has 0 aromatic carbocycles. The number of hydrogen-bond acceptors (Lipinski definition) is 5. The average molecular weight is 331 g/mol. The van der Waals surface area contributed by atoms with Crippen molar-refractivity contribution in [3.8, 4) is 0 Å². The van der Waals surface area contributed by atoms with Gasteiger partial charge in [0.1, 0.15) is 5.82 Å². The number of anilines is 1. The first-order valence-electron chi connectivity index (χ1n) is 7.83. The number of thiophene rings is 1. The average Bonchev–Trinajstić information content (AvgIpc) is 3.06. The first kappa shape index (κ1) is 16.0. The molecule has 1 fully saturated rings. The minimum Gasteiger partial charge on any atom is -0.384 e. The van der Waals surface area contributed by atoms with Crippen molar-refractivity contribution >= 4 is 23.1 Å². The van der Waals surface area contributed by atoms with Crippen molar-refractivity contribution in [2.45, 2.75) is 25.4 Å². The first-order chi connectivity index (χ1) is 11.2. The standard InChI is InChI=1S/C17H21N3O2S/c18-16-10-13(5-6-19-16)3-4-14-12-20(7-8-22-14)17(21)11-15-2-1-9-23-15/h1-2,5-6,9-10,14H,3-4,7-8,11-12H2,(H2,18,19). The summed E-state index contributed by atoms with van der Waals surface area (Å²) in [6, 6.07) is 7.85. The molecule has 0 radical (unpaired) electrons. The molecule has 2 aromatic heterocycles. The van der Waals surface area contributed by atoms with E-state index < -0.39 is 0 Å². The highest BCUT2D eigenvalue weighted by Crippen LogP contribution is 2.16. The Morgan fingerprint density at radius 1 is 1.48 bits per heavy atom. The molecule has 23 heavy (non-hydrogen) atoms. The van der Waals surface area contributed by atoms with E-state index in [1.807, 2.05) is 34.5 Å². The third-order valence-electron chi connectivity index (χ3n) is 4.00. The molecular formula is C17H21N3O2S. The van der Waals surface area contributed by atoms with E-state index in [-0.39, 0.29) is 12.0 Å². The largest absolute Gasteiger partial charge is 0.384 e. The molecule has 1 aliphatic heterocycles. The van der Waals surface area contributed by atoms with Crippen LogP contribution in [0.5, 0.6) is 0 Å². The van der Waals surface area contributed by atoms with Gasteiger partial charge in [-0.05, 0) is 42.0 Å². The summed E-state index contributed by atoms with van der Waals surface area (Å²) in [5, 5.41) is 2.01. The maximum absolute atomic E-state index is 12.4. The zero-order valence-corrected chi connectivity index (χ0v) is 13.8. The fraction of sp³-hybridized carbons (Fsp3) is 0.412. The van der Waals surface area contributed by atoms with Crippen LogP contribution in [0.4, 0.5) is 5.82 Å². The van der Waals surface area contributed by atoms with Crippen molar-refractivity contribution in [1.29, 1.82) is 0 Å². The van der Waals surface area contributed by atoms with E-state index in [1.165, 1.54) is 0 Å². The summed E-state index contributed by atoms with van der Waals surface area (Å²) in [5.74, 6) is 0.730.